The van der Waals surface area contributed by atoms with Gasteiger partial charge in [0.15, 0.2) is 4.34 Å². The van der Waals surface area contributed by atoms with Gasteiger partial charge in [-0.05, 0) is 37.6 Å². The Hall–Kier alpha value is -0.430. The minimum absolute atomic E-state index is 0.356. The van der Waals surface area contributed by atoms with Crippen LogP contribution in [-0.4, -0.2) is 16.7 Å². The first-order valence-corrected chi connectivity index (χ1v) is 8.66. The lowest BCUT2D eigenvalue weighted by Gasteiger charge is -2.16. The number of aromatic nitrogens is 2. The maximum atomic E-state index is 4.04. The average molecular weight is 358 g/mol. The Bertz CT molecular complexity index is 517. The van der Waals surface area contributed by atoms with Gasteiger partial charge >= 0.3 is 0 Å². The average Bonchev–Trinajstić information content (AvgIpc) is 2.89. The topological polar surface area (TPSA) is 37.8 Å². The zero-order valence-corrected chi connectivity index (χ0v) is 14.1. The third kappa shape index (κ3) is 4.27. The minimum Gasteiger partial charge on any atom is -0.310 e. The van der Waals surface area contributed by atoms with Gasteiger partial charge in [-0.3, -0.25) is 0 Å². The third-order valence-electron chi connectivity index (χ3n) is 2.68. The van der Waals surface area contributed by atoms with Crippen molar-refractivity contribution in [2.24, 2.45) is 0 Å². The van der Waals surface area contributed by atoms with Crippen molar-refractivity contribution in [2.45, 2.75) is 35.5 Å². The normalized spacial score (nSPS) is 12.6. The Balaban J connectivity index is 2.08. The monoisotopic (exact) mass is 357 g/mol. The highest BCUT2D eigenvalue weighted by Crippen LogP contribution is 2.33. The lowest BCUT2D eigenvalue weighted by atomic mass is 10.1. The fourth-order valence-corrected chi connectivity index (χ4v) is 4.07. The van der Waals surface area contributed by atoms with Gasteiger partial charge in [0.05, 0.1) is 0 Å². The fourth-order valence-electron chi connectivity index (χ4n) is 1.70. The van der Waals surface area contributed by atoms with Crippen LogP contribution >= 0.6 is 39.0 Å². The molecule has 1 unspecified atom stereocenters. The van der Waals surface area contributed by atoms with E-state index in [1.807, 2.05) is 0 Å². The zero-order valence-electron chi connectivity index (χ0n) is 10.9. The first-order chi connectivity index (χ1) is 9.20. The van der Waals surface area contributed by atoms with Gasteiger partial charge in [-0.15, -0.1) is 10.2 Å². The van der Waals surface area contributed by atoms with Crippen LogP contribution in [0.4, 0.5) is 0 Å². The van der Waals surface area contributed by atoms with Crippen molar-refractivity contribution in [3.63, 3.8) is 0 Å². The molecule has 0 aliphatic heterocycles. The number of nitrogens with one attached hydrogen (secondary N) is 1. The van der Waals surface area contributed by atoms with E-state index in [1.165, 1.54) is 10.5 Å². The molecule has 0 saturated heterocycles. The first-order valence-electron chi connectivity index (χ1n) is 6.17. The summed E-state index contributed by atoms with van der Waals surface area (Å²) >= 11 is 6.86. The number of benzene rings is 1. The molecule has 0 amide bonds. The van der Waals surface area contributed by atoms with Crippen LogP contribution in [0.25, 0.3) is 0 Å². The Morgan fingerprint density at radius 2 is 2.32 bits per heavy atom. The summed E-state index contributed by atoms with van der Waals surface area (Å²) in [6.45, 7) is 5.40. The number of halogens is 1. The van der Waals surface area contributed by atoms with Gasteiger partial charge in [0.25, 0.3) is 0 Å². The lowest BCUT2D eigenvalue weighted by molar-refractivity contribution is 0.568. The van der Waals surface area contributed by atoms with E-state index >= 15 is 0 Å². The van der Waals surface area contributed by atoms with Crippen LogP contribution in [0.5, 0.6) is 0 Å². The molecule has 2 aromatic rings. The predicted molar refractivity (Wildman–Crippen MR) is 84.9 cm³/mol. The molecule has 19 heavy (non-hydrogen) atoms. The standard InChI is InChI=1S/C13H16BrN3S2/c1-3-6-15-9(2)11-5-4-10(7-12(11)14)19-13-17-16-8-18-13/h4-5,7-9,15H,3,6H2,1-2H3. The van der Waals surface area contributed by atoms with E-state index in [0.717, 1.165) is 21.8 Å². The molecule has 2 rings (SSSR count). The molecule has 0 aliphatic rings. The quantitative estimate of drug-likeness (QED) is 0.824. The van der Waals surface area contributed by atoms with Gasteiger partial charge in [0, 0.05) is 15.4 Å². The van der Waals surface area contributed by atoms with Crippen LogP contribution in [0.15, 0.2) is 37.4 Å². The molecule has 0 spiro atoms. The van der Waals surface area contributed by atoms with Gasteiger partial charge in [-0.2, -0.15) is 0 Å². The molecule has 0 radical (unpaired) electrons. The number of hydrogen-bond acceptors (Lipinski definition) is 5. The van der Waals surface area contributed by atoms with Crippen molar-refractivity contribution >= 4 is 39.0 Å². The van der Waals surface area contributed by atoms with Crippen LogP contribution in [-0.2, 0) is 0 Å². The SMILES string of the molecule is CCCNC(C)c1ccc(Sc2nncs2)cc1Br. The molecule has 0 fully saturated rings. The van der Waals surface area contributed by atoms with Crippen molar-refractivity contribution in [3.8, 4) is 0 Å². The Morgan fingerprint density at radius 3 is 2.95 bits per heavy atom. The highest BCUT2D eigenvalue weighted by atomic mass is 79.9. The summed E-state index contributed by atoms with van der Waals surface area (Å²) in [6, 6.07) is 6.80. The van der Waals surface area contributed by atoms with E-state index in [1.54, 1.807) is 28.6 Å². The van der Waals surface area contributed by atoms with E-state index in [9.17, 15) is 0 Å². The summed E-state index contributed by atoms with van der Waals surface area (Å²) in [5.74, 6) is 0. The van der Waals surface area contributed by atoms with Crippen LogP contribution in [0, 0.1) is 0 Å². The van der Waals surface area contributed by atoms with Crippen LogP contribution in [0.3, 0.4) is 0 Å². The van der Waals surface area contributed by atoms with Crippen molar-refractivity contribution in [1.82, 2.24) is 15.5 Å². The maximum absolute atomic E-state index is 4.04. The van der Waals surface area contributed by atoms with Crippen molar-refractivity contribution in [1.29, 1.82) is 0 Å². The highest BCUT2D eigenvalue weighted by molar-refractivity contribution is 9.10. The van der Waals surface area contributed by atoms with E-state index < -0.39 is 0 Å². The minimum atomic E-state index is 0.356. The molecular weight excluding hydrogens is 342 g/mol. The van der Waals surface area contributed by atoms with Gasteiger partial charge in [-0.25, -0.2) is 0 Å². The van der Waals surface area contributed by atoms with Gasteiger partial charge in [-0.1, -0.05) is 52.0 Å². The summed E-state index contributed by atoms with van der Waals surface area (Å²) in [7, 11) is 0. The molecule has 3 nitrogen and oxygen atoms in total. The first kappa shape index (κ1) is 15.0. The maximum Gasteiger partial charge on any atom is 0.178 e. The van der Waals surface area contributed by atoms with Crippen LogP contribution in [0.2, 0.25) is 0 Å². The molecule has 0 bridgehead atoms. The van der Waals surface area contributed by atoms with E-state index in [4.69, 9.17) is 0 Å². The lowest BCUT2D eigenvalue weighted by Crippen LogP contribution is -2.19. The van der Waals surface area contributed by atoms with E-state index in [-0.39, 0.29) is 0 Å². The van der Waals surface area contributed by atoms with Gasteiger partial charge < -0.3 is 5.32 Å². The van der Waals surface area contributed by atoms with E-state index in [0.29, 0.717) is 6.04 Å². The molecule has 1 aromatic carbocycles. The molecule has 102 valence electrons. The van der Waals surface area contributed by atoms with Crippen molar-refractivity contribution < 1.29 is 0 Å². The molecule has 0 saturated carbocycles. The molecule has 1 heterocycles. The summed E-state index contributed by atoms with van der Waals surface area (Å²) in [6.07, 6.45) is 1.15. The molecular formula is C13H16BrN3S2. The second-order valence-electron chi connectivity index (χ2n) is 4.17. The van der Waals surface area contributed by atoms with Gasteiger partial charge in [0.2, 0.25) is 0 Å². The van der Waals surface area contributed by atoms with Crippen molar-refractivity contribution in [3.05, 3.63) is 33.7 Å². The summed E-state index contributed by atoms with van der Waals surface area (Å²) in [5, 5.41) is 11.4. The fraction of sp³-hybridized carbons (Fsp3) is 0.385. The zero-order chi connectivity index (χ0) is 13.7. The second-order valence-corrected chi connectivity index (χ2v) is 7.17. The molecule has 0 aliphatic carbocycles. The molecule has 6 heteroatoms. The number of nitrogens with zero attached hydrogens (tertiary/aromatic N) is 2. The molecule has 1 atom stereocenters. The number of rotatable bonds is 6. The Kier molecular flexibility index (Phi) is 5.81. The van der Waals surface area contributed by atoms with Gasteiger partial charge in [0.1, 0.15) is 5.51 Å². The Labute approximate surface area is 130 Å². The second kappa shape index (κ2) is 7.38. The van der Waals surface area contributed by atoms with Crippen LogP contribution in [0.1, 0.15) is 31.9 Å². The smallest absolute Gasteiger partial charge is 0.178 e. The Morgan fingerprint density at radius 1 is 1.47 bits per heavy atom. The highest BCUT2D eigenvalue weighted by Gasteiger charge is 2.10. The van der Waals surface area contributed by atoms with Crippen LogP contribution < -0.4 is 5.32 Å². The predicted octanol–water partition coefficient (Wildman–Crippen LogP) is 4.51. The number of hydrogen-bond donors (Lipinski definition) is 1. The third-order valence-corrected chi connectivity index (χ3v) is 5.14. The molecule has 1 N–H and O–H groups in total. The largest absolute Gasteiger partial charge is 0.310 e. The van der Waals surface area contributed by atoms with Crippen molar-refractivity contribution in [2.75, 3.05) is 6.54 Å². The summed E-state index contributed by atoms with van der Waals surface area (Å²) < 4.78 is 2.11. The van der Waals surface area contributed by atoms with E-state index in [2.05, 4.69) is 63.5 Å². The summed E-state index contributed by atoms with van der Waals surface area (Å²) in [4.78, 5) is 1.18. The summed E-state index contributed by atoms with van der Waals surface area (Å²) in [5.41, 5.74) is 3.04. The molecule has 1 aromatic heterocycles.